The summed E-state index contributed by atoms with van der Waals surface area (Å²) in [7, 11) is -3.50. The van der Waals surface area contributed by atoms with Crippen molar-refractivity contribution < 1.29 is 17.6 Å². The maximum absolute atomic E-state index is 14.2. The van der Waals surface area contributed by atoms with Crippen LogP contribution in [-0.4, -0.2) is 42.7 Å². The average molecular weight is 467 g/mol. The zero-order chi connectivity index (χ0) is 22.6. The number of hydrogen-bond donors (Lipinski definition) is 0. The summed E-state index contributed by atoms with van der Waals surface area (Å²) in [6.45, 7) is 4.61. The van der Waals surface area contributed by atoms with Gasteiger partial charge in [-0.1, -0.05) is 43.6 Å². The van der Waals surface area contributed by atoms with Crippen molar-refractivity contribution in [2.24, 2.45) is 0 Å². The Bertz CT molecular complexity index is 999. The Balaban J connectivity index is 1.65. The molecule has 0 atom stereocenters. The zero-order valence-corrected chi connectivity index (χ0v) is 19.4. The van der Waals surface area contributed by atoms with E-state index in [0.717, 1.165) is 18.4 Å². The standard InChI is InChI=1S/C23H28ClFN2O3S/c1-3-26(4-2)31(29,30)19-13-8-17(9-14-19)10-15-23(28)27(18-11-12-18)16-20-21(24)6-5-7-22(20)25/h5-9,13-14,18H,3-4,10-12,15-16H2,1-2H3. The molecule has 3 rings (SSSR count). The third kappa shape index (κ3) is 5.64. The van der Waals surface area contributed by atoms with Crippen LogP contribution in [0.15, 0.2) is 47.4 Å². The van der Waals surface area contributed by atoms with E-state index < -0.39 is 15.8 Å². The molecule has 0 N–H and O–H groups in total. The van der Waals surface area contributed by atoms with Crippen LogP contribution in [0.25, 0.3) is 0 Å². The van der Waals surface area contributed by atoms with Crippen molar-refractivity contribution >= 4 is 27.5 Å². The molecule has 1 saturated carbocycles. The van der Waals surface area contributed by atoms with E-state index in [1.165, 1.54) is 10.4 Å². The summed E-state index contributed by atoms with van der Waals surface area (Å²) >= 11 is 6.14. The second kappa shape index (κ2) is 10.1. The number of carbonyl (C=O) groups excluding carboxylic acids is 1. The first-order valence-electron chi connectivity index (χ1n) is 10.6. The van der Waals surface area contributed by atoms with E-state index in [9.17, 15) is 17.6 Å². The molecule has 0 radical (unpaired) electrons. The number of sulfonamides is 1. The molecular weight excluding hydrogens is 439 g/mol. The van der Waals surface area contributed by atoms with Gasteiger partial charge in [0.05, 0.1) is 11.4 Å². The van der Waals surface area contributed by atoms with Crippen molar-refractivity contribution in [2.75, 3.05) is 13.1 Å². The van der Waals surface area contributed by atoms with Crippen LogP contribution >= 0.6 is 11.6 Å². The first-order valence-corrected chi connectivity index (χ1v) is 12.4. The molecule has 0 heterocycles. The van der Waals surface area contributed by atoms with E-state index in [2.05, 4.69) is 0 Å². The number of hydrogen-bond acceptors (Lipinski definition) is 3. The van der Waals surface area contributed by atoms with Gasteiger partial charge in [0.1, 0.15) is 5.82 Å². The fraction of sp³-hybridized carbons (Fsp3) is 0.435. The molecular formula is C23H28ClFN2O3S. The first kappa shape index (κ1) is 23.7. The van der Waals surface area contributed by atoms with Gasteiger partial charge in [0.2, 0.25) is 15.9 Å². The van der Waals surface area contributed by atoms with Crippen molar-refractivity contribution in [3.63, 3.8) is 0 Å². The lowest BCUT2D eigenvalue weighted by molar-refractivity contribution is -0.132. The van der Waals surface area contributed by atoms with Crippen molar-refractivity contribution in [3.05, 3.63) is 64.4 Å². The molecule has 0 saturated heterocycles. The number of amides is 1. The van der Waals surface area contributed by atoms with Gasteiger partial charge in [0, 0.05) is 36.1 Å². The lowest BCUT2D eigenvalue weighted by Gasteiger charge is -2.23. The highest BCUT2D eigenvalue weighted by atomic mass is 35.5. The van der Waals surface area contributed by atoms with E-state index in [1.807, 2.05) is 0 Å². The van der Waals surface area contributed by atoms with Gasteiger partial charge in [-0.15, -0.1) is 0 Å². The van der Waals surface area contributed by atoms with Crippen LogP contribution in [0.2, 0.25) is 5.02 Å². The van der Waals surface area contributed by atoms with Gasteiger partial charge in [-0.3, -0.25) is 4.79 Å². The number of nitrogens with zero attached hydrogens (tertiary/aromatic N) is 2. The number of benzene rings is 2. The lowest BCUT2D eigenvalue weighted by atomic mass is 10.1. The molecule has 1 amide bonds. The molecule has 31 heavy (non-hydrogen) atoms. The van der Waals surface area contributed by atoms with Crippen LogP contribution in [0.1, 0.15) is 44.2 Å². The van der Waals surface area contributed by atoms with Crippen LogP contribution in [0, 0.1) is 5.82 Å². The number of carbonyl (C=O) groups is 1. The van der Waals surface area contributed by atoms with E-state index in [4.69, 9.17) is 11.6 Å². The molecule has 0 unspecified atom stereocenters. The molecule has 0 aromatic heterocycles. The predicted molar refractivity (Wildman–Crippen MR) is 120 cm³/mol. The lowest BCUT2D eigenvalue weighted by Crippen LogP contribution is -2.33. The summed E-state index contributed by atoms with van der Waals surface area (Å²) in [5, 5.41) is 0.323. The van der Waals surface area contributed by atoms with E-state index in [0.29, 0.717) is 30.1 Å². The minimum absolute atomic E-state index is 0.0540. The second-order valence-corrected chi connectivity index (χ2v) is 10.0. The van der Waals surface area contributed by atoms with Crippen molar-refractivity contribution in [1.29, 1.82) is 0 Å². The number of rotatable bonds is 10. The SMILES string of the molecule is CCN(CC)S(=O)(=O)c1ccc(CCC(=O)N(Cc2c(F)cccc2Cl)C2CC2)cc1. The maximum Gasteiger partial charge on any atom is 0.243 e. The Morgan fingerprint density at radius 2 is 1.74 bits per heavy atom. The van der Waals surface area contributed by atoms with Gasteiger partial charge < -0.3 is 4.90 Å². The molecule has 5 nitrogen and oxygen atoms in total. The van der Waals surface area contributed by atoms with Gasteiger partial charge in [0.25, 0.3) is 0 Å². The Morgan fingerprint density at radius 3 is 2.29 bits per heavy atom. The van der Waals surface area contributed by atoms with Crippen LogP contribution in [-0.2, 0) is 27.8 Å². The van der Waals surface area contributed by atoms with Gasteiger partial charge in [-0.25, -0.2) is 12.8 Å². The van der Waals surface area contributed by atoms with Crippen molar-refractivity contribution in [2.45, 2.75) is 57.0 Å². The normalized spacial score (nSPS) is 14.1. The number of aryl methyl sites for hydroxylation is 1. The van der Waals surface area contributed by atoms with Crippen LogP contribution < -0.4 is 0 Å². The third-order valence-electron chi connectivity index (χ3n) is 5.59. The quantitative estimate of drug-likeness (QED) is 0.512. The maximum atomic E-state index is 14.2. The topological polar surface area (TPSA) is 57.7 Å². The molecule has 1 aliphatic rings. The minimum atomic E-state index is -3.50. The highest BCUT2D eigenvalue weighted by Crippen LogP contribution is 2.31. The fourth-order valence-corrected chi connectivity index (χ4v) is 5.28. The Hall–Kier alpha value is -1.96. The molecule has 0 aliphatic heterocycles. The van der Waals surface area contributed by atoms with Crippen molar-refractivity contribution in [1.82, 2.24) is 9.21 Å². The molecule has 8 heteroatoms. The Morgan fingerprint density at radius 1 is 1.10 bits per heavy atom. The Labute approximate surface area is 188 Å². The van der Waals surface area contributed by atoms with E-state index in [-0.39, 0.29) is 29.8 Å². The largest absolute Gasteiger partial charge is 0.335 e. The summed E-state index contributed by atoms with van der Waals surface area (Å²) in [5.74, 6) is -0.461. The average Bonchev–Trinajstić information content (AvgIpc) is 3.58. The van der Waals surface area contributed by atoms with Gasteiger partial charge in [-0.2, -0.15) is 4.31 Å². The van der Waals surface area contributed by atoms with Gasteiger partial charge in [0.15, 0.2) is 0 Å². The molecule has 0 spiro atoms. The van der Waals surface area contributed by atoms with Crippen LogP contribution in [0.3, 0.4) is 0 Å². The summed E-state index contributed by atoms with van der Waals surface area (Å²) in [6, 6.07) is 11.3. The smallest absolute Gasteiger partial charge is 0.243 e. The molecule has 168 valence electrons. The third-order valence-corrected chi connectivity index (χ3v) is 8.01. The molecule has 0 bridgehead atoms. The summed E-state index contributed by atoms with van der Waals surface area (Å²) in [5.41, 5.74) is 1.22. The van der Waals surface area contributed by atoms with E-state index >= 15 is 0 Å². The first-order chi connectivity index (χ1) is 14.8. The highest BCUT2D eigenvalue weighted by molar-refractivity contribution is 7.89. The molecule has 2 aromatic rings. The zero-order valence-electron chi connectivity index (χ0n) is 17.9. The highest BCUT2D eigenvalue weighted by Gasteiger charge is 2.33. The predicted octanol–water partition coefficient (Wildman–Crippen LogP) is 4.63. The van der Waals surface area contributed by atoms with Crippen LogP contribution in [0.5, 0.6) is 0 Å². The van der Waals surface area contributed by atoms with E-state index in [1.54, 1.807) is 55.1 Å². The minimum Gasteiger partial charge on any atom is -0.335 e. The molecule has 1 aliphatic carbocycles. The van der Waals surface area contributed by atoms with Gasteiger partial charge in [-0.05, 0) is 49.1 Å². The monoisotopic (exact) mass is 466 g/mol. The number of halogens is 2. The molecule has 2 aromatic carbocycles. The van der Waals surface area contributed by atoms with Crippen molar-refractivity contribution in [3.8, 4) is 0 Å². The van der Waals surface area contributed by atoms with Gasteiger partial charge >= 0.3 is 0 Å². The van der Waals surface area contributed by atoms with Crippen LogP contribution in [0.4, 0.5) is 4.39 Å². The fourth-order valence-electron chi connectivity index (χ4n) is 3.60. The Kier molecular flexibility index (Phi) is 7.73. The summed E-state index contributed by atoms with van der Waals surface area (Å²) in [6.07, 6.45) is 2.58. The summed E-state index contributed by atoms with van der Waals surface area (Å²) < 4.78 is 40.8. The second-order valence-electron chi connectivity index (χ2n) is 7.69. The summed E-state index contributed by atoms with van der Waals surface area (Å²) in [4.78, 5) is 14.8. The molecule has 1 fully saturated rings.